The van der Waals surface area contributed by atoms with Gasteiger partial charge in [-0.1, -0.05) is 13.3 Å². The molecule has 8 nitrogen and oxygen atoms in total. The fraction of sp³-hybridized carbons (Fsp3) is 0.450. The Balaban J connectivity index is 1.86. The largest absolute Gasteiger partial charge is 0.463 e. The first kappa shape index (κ1) is 19.6. The van der Waals surface area contributed by atoms with Crippen molar-refractivity contribution < 1.29 is 17.6 Å². The molecule has 3 aromatic heterocycles. The zero-order chi connectivity index (χ0) is 20.6. The van der Waals surface area contributed by atoms with Crippen LogP contribution in [0.3, 0.4) is 0 Å². The van der Waals surface area contributed by atoms with Gasteiger partial charge < -0.3 is 9.73 Å². The fourth-order valence-corrected chi connectivity index (χ4v) is 5.43. The third-order valence-electron chi connectivity index (χ3n) is 5.23. The molecule has 0 radical (unpaired) electrons. The molecule has 4 heterocycles. The number of nitrogens with one attached hydrogen (secondary N) is 1. The second kappa shape index (κ2) is 7.62. The number of amides is 1. The van der Waals surface area contributed by atoms with Crippen LogP contribution in [0.5, 0.6) is 0 Å². The lowest BCUT2D eigenvalue weighted by molar-refractivity contribution is 0.0954. The molecular formula is C20H24N4O4S. The molecule has 154 valence electrons. The van der Waals surface area contributed by atoms with E-state index in [4.69, 9.17) is 9.40 Å². The molecule has 0 saturated carbocycles. The van der Waals surface area contributed by atoms with Gasteiger partial charge in [0.25, 0.3) is 5.91 Å². The summed E-state index contributed by atoms with van der Waals surface area (Å²) in [5.41, 5.74) is 2.16. The predicted molar refractivity (Wildman–Crippen MR) is 110 cm³/mol. The van der Waals surface area contributed by atoms with E-state index in [9.17, 15) is 13.2 Å². The number of hydrogen-bond acceptors (Lipinski definition) is 6. The Bertz CT molecular complexity index is 1150. The molecule has 0 spiro atoms. The number of furan rings is 1. The van der Waals surface area contributed by atoms with Gasteiger partial charge in [-0.2, -0.15) is 5.10 Å². The van der Waals surface area contributed by atoms with E-state index < -0.39 is 9.84 Å². The van der Waals surface area contributed by atoms with Gasteiger partial charge in [-0.15, -0.1) is 0 Å². The summed E-state index contributed by atoms with van der Waals surface area (Å²) in [7, 11) is -3.08. The zero-order valence-electron chi connectivity index (χ0n) is 16.5. The van der Waals surface area contributed by atoms with Crippen LogP contribution in [0, 0.1) is 6.92 Å². The molecule has 1 fully saturated rings. The van der Waals surface area contributed by atoms with Crippen molar-refractivity contribution in [1.29, 1.82) is 0 Å². The average Bonchev–Trinajstić information content (AvgIpc) is 3.40. The summed E-state index contributed by atoms with van der Waals surface area (Å²) in [4.78, 5) is 17.6. The van der Waals surface area contributed by atoms with Gasteiger partial charge in [0.05, 0.1) is 40.5 Å². The monoisotopic (exact) mass is 416 g/mol. The number of nitrogens with zero attached hydrogens (tertiary/aromatic N) is 3. The molecule has 0 unspecified atom stereocenters. The normalized spacial score (nSPS) is 18.3. The van der Waals surface area contributed by atoms with Crippen LogP contribution in [0.1, 0.15) is 48.3 Å². The Hall–Kier alpha value is -2.68. The quantitative estimate of drug-likeness (QED) is 0.619. The van der Waals surface area contributed by atoms with Crippen molar-refractivity contribution in [1.82, 2.24) is 20.1 Å². The second-order valence-corrected chi connectivity index (χ2v) is 9.66. The molecule has 1 aliphatic heterocycles. The number of carbonyl (C=O) groups is 1. The number of hydrogen-bond donors (Lipinski definition) is 1. The fourth-order valence-electron chi connectivity index (χ4n) is 3.74. The first-order valence-electron chi connectivity index (χ1n) is 9.82. The standard InChI is InChI=1S/C20H24N4O4S/c1-3-4-8-21-20(25)15-11-16(17-6-5-9-28-17)22-19-18(15)13(2)23-24(19)14-7-10-29(26,27)12-14/h5-6,9,11,14H,3-4,7-8,10,12H2,1-2H3,(H,21,25)/t14-/m0/s1. The Morgan fingerprint density at radius 1 is 1.41 bits per heavy atom. The van der Waals surface area contributed by atoms with Gasteiger partial charge in [-0.25, -0.2) is 18.1 Å². The maximum atomic E-state index is 12.9. The van der Waals surface area contributed by atoms with Crippen LogP contribution < -0.4 is 5.32 Å². The van der Waals surface area contributed by atoms with E-state index in [1.165, 1.54) is 0 Å². The molecule has 1 saturated heterocycles. The van der Waals surface area contributed by atoms with Gasteiger partial charge in [0.15, 0.2) is 21.2 Å². The lowest BCUT2D eigenvalue weighted by atomic mass is 10.1. The summed E-state index contributed by atoms with van der Waals surface area (Å²) in [5.74, 6) is 0.521. The third-order valence-corrected chi connectivity index (χ3v) is 6.98. The Kier molecular flexibility index (Phi) is 5.16. The maximum Gasteiger partial charge on any atom is 0.252 e. The molecule has 0 aromatic carbocycles. The first-order valence-corrected chi connectivity index (χ1v) is 11.6. The van der Waals surface area contributed by atoms with Crippen LogP contribution in [0.4, 0.5) is 0 Å². The van der Waals surface area contributed by atoms with Gasteiger partial charge >= 0.3 is 0 Å². The minimum Gasteiger partial charge on any atom is -0.463 e. The van der Waals surface area contributed by atoms with Crippen LogP contribution in [0.15, 0.2) is 28.9 Å². The SMILES string of the molecule is CCCCNC(=O)c1cc(-c2ccco2)nc2c1c(C)nn2[C@H]1CCS(=O)(=O)C1. The number of aryl methyl sites for hydroxylation is 1. The minimum atomic E-state index is -3.08. The highest BCUT2D eigenvalue weighted by Gasteiger charge is 2.32. The number of fused-ring (bicyclic) bond motifs is 1. The van der Waals surface area contributed by atoms with E-state index in [1.54, 1.807) is 29.1 Å². The molecule has 1 aliphatic rings. The Labute approximate surface area is 169 Å². The molecule has 1 atom stereocenters. The van der Waals surface area contributed by atoms with Crippen molar-refractivity contribution >= 4 is 26.8 Å². The molecule has 0 bridgehead atoms. The summed E-state index contributed by atoms with van der Waals surface area (Å²) in [6.07, 6.45) is 3.91. The molecule has 4 rings (SSSR count). The van der Waals surface area contributed by atoms with Crippen LogP contribution >= 0.6 is 0 Å². The third kappa shape index (κ3) is 3.78. The molecule has 29 heavy (non-hydrogen) atoms. The molecular weight excluding hydrogens is 392 g/mol. The number of sulfone groups is 1. The van der Waals surface area contributed by atoms with E-state index in [1.807, 2.05) is 6.92 Å². The molecule has 0 aliphatic carbocycles. The van der Waals surface area contributed by atoms with E-state index in [-0.39, 0.29) is 23.5 Å². The summed E-state index contributed by atoms with van der Waals surface area (Å²) in [6.45, 7) is 4.47. The molecule has 1 N–H and O–H groups in total. The summed E-state index contributed by atoms with van der Waals surface area (Å²) in [5, 5.41) is 8.18. The van der Waals surface area contributed by atoms with Crippen LogP contribution in [-0.4, -0.2) is 47.1 Å². The second-order valence-electron chi connectivity index (χ2n) is 7.43. The number of pyridine rings is 1. The molecule has 1 amide bonds. The minimum absolute atomic E-state index is 0.0356. The van der Waals surface area contributed by atoms with Crippen molar-refractivity contribution in [3.63, 3.8) is 0 Å². The van der Waals surface area contributed by atoms with Crippen molar-refractivity contribution in [2.24, 2.45) is 0 Å². The van der Waals surface area contributed by atoms with Crippen molar-refractivity contribution in [2.45, 2.75) is 39.2 Å². The summed E-state index contributed by atoms with van der Waals surface area (Å²) in [6, 6.07) is 4.97. The highest BCUT2D eigenvalue weighted by Crippen LogP contribution is 2.32. The number of carbonyl (C=O) groups excluding carboxylic acids is 1. The Morgan fingerprint density at radius 3 is 2.90 bits per heavy atom. The zero-order valence-corrected chi connectivity index (χ0v) is 17.3. The van der Waals surface area contributed by atoms with Gasteiger partial charge in [-0.05, 0) is 38.0 Å². The van der Waals surface area contributed by atoms with Crippen LogP contribution in [0.2, 0.25) is 0 Å². The molecule has 9 heteroatoms. The lowest BCUT2D eigenvalue weighted by Crippen LogP contribution is -2.25. The summed E-state index contributed by atoms with van der Waals surface area (Å²) >= 11 is 0. The van der Waals surface area contributed by atoms with Gasteiger partial charge in [0.1, 0.15) is 5.69 Å². The van der Waals surface area contributed by atoms with E-state index in [0.29, 0.717) is 46.7 Å². The number of rotatable bonds is 6. The predicted octanol–water partition coefficient (Wildman–Crippen LogP) is 2.89. The molecule has 3 aromatic rings. The van der Waals surface area contributed by atoms with Crippen LogP contribution in [0.25, 0.3) is 22.5 Å². The number of unbranched alkanes of at least 4 members (excludes halogenated alkanes) is 1. The number of aromatic nitrogens is 3. The van der Waals surface area contributed by atoms with Gasteiger partial charge in [0, 0.05) is 6.54 Å². The van der Waals surface area contributed by atoms with Gasteiger partial charge in [-0.3, -0.25) is 4.79 Å². The van der Waals surface area contributed by atoms with E-state index >= 15 is 0 Å². The highest BCUT2D eigenvalue weighted by atomic mass is 32.2. The Morgan fingerprint density at radius 2 is 2.24 bits per heavy atom. The average molecular weight is 417 g/mol. The van der Waals surface area contributed by atoms with E-state index in [0.717, 1.165) is 12.8 Å². The van der Waals surface area contributed by atoms with Crippen molar-refractivity contribution in [2.75, 3.05) is 18.1 Å². The van der Waals surface area contributed by atoms with Crippen molar-refractivity contribution in [3.05, 3.63) is 35.7 Å². The maximum absolute atomic E-state index is 12.9. The lowest BCUT2D eigenvalue weighted by Gasteiger charge is -2.11. The topological polar surface area (TPSA) is 107 Å². The smallest absolute Gasteiger partial charge is 0.252 e. The summed E-state index contributed by atoms with van der Waals surface area (Å²) < 4.78 is 31.1. The van der Waals surface area contributed by atoms with E-state index in [2.05, 4.69) is 17.3 Å². The highest BCUT2D eigenvalue weighted by molar-refractivity contribution is 7.91. The first-order chi connectivity index (χ1) is 13.9. The van der Waals surface area contributed by atoms with Gasteiger partial charge in [0.2, 0.25) is 0 Å². The van der Waals surface area contributed by atoms with Crippen LogP contribution in [-0.2, 0) is 9.84 Å². The van der Waals surface area contributed by atoms with Crippen molar-refractivity contribution in [3.8, 4) is 11.5 Å².